The van der Waals surface area contributed by atoms with Crippen LogP contribution < -0.4 is 60.8 Å². The van der Waals surface area contributed by atoms with Crippen molar-refractivity contribution in [2.45, 2.75) is 259 Å². The summed E-state index contributed by atoms with van der Waals surface area (Å²) >= 11 is 0. The summed E-state index contributed by atoms with van der Waals surface area (Å²) in [5.41, 5.74) is 22.6. The van der Waals surface area contributed by atoms with Gasteiger partial charge in [-0.05, 0) is 191 Å². The van der Waals surface area contributed by atoms with Gasteiger partial charge in [-0.1, -0.05) is 110 Å². The van der Waals surface area contributed by atoms with Gasteiger partial charge in [-0.15, -0.1) is 0 Å². The van der Waals surface area contributed by atoms with Crippen LogP contribution in [0.2, 0.25) is 0 Å². The number of nitrogens with two attached hydrogens (primary N) is 4. The smallest absolute Gasteiger partial charge is 0.323 e. The van der Waals surface area contributed by atoms with Crippen molar-refractivity contribution in [1.82, 2.24) is 19.6 Å². The Morgan fingerprint density at radius 1 is 0.375 bits per heavy atom. The first-order valence-electron chi connectivity index (χ1n) is 74.2. The fourth-order valence-electron chi connectivity index (χ4n) is 14.8. The molecule has 8 aliphatic rings. The average molecular weight is 1750 g/mol. The van der Waals surface area contributed by atoms with Crippen LogP contribution in [0.4, 0.5) is 0 Å². The van der Waals surface area contributed by atoms with E-state index >= 15 is 0 Å². The van der Waals surface area contributed by atoms with E-state index in [9.17, 15) is 24.7 Å². The Bertz CT molecular complexity index is 7200. The highest BCUT2D eigenvalue weighted by atomic mass is 16.6. The van der Waals surface area contributed by atoms with E-state index < -0.39 is 400 Å². The number of methoxy groups -OCH3 is 8. The van der Waals surface area contributed by atoms with Crippen molar-refractivity contribution >= 4 is 23.9 Å². The molecular formula is C96H152N8O16. The molecule has 8 heterocycles. The second-order valence-electron chi connectivity index (χ2n) is 28.3. The van der Waals surface area contributed by atoms with Crippen molar-refractivity contribution < 1.29 is 177 Å². The minimum absolute atomic E-state index is 0.0414. The number of fused-ring (bicyclic) bond motifs is 12. The normalized spacial score (nSPS) is 41.7. The molecule has 4 fully saturated rings. The third kappa shape index (κ3) is 23.8. The zero-order chi connectivity index (χ0) is 152. The first kappa shape index (κ1) is 37.2. The number of rotatable bonds is 28. The second-order valence-corrected chi connectivity index (χ2v) is 28.3. The zero-order valence-corrected chi connectivity index (χ0v) is 67.6. The van der Waals surface area contributed by atoms with Gasteiger partial charge in [0.2, 0.25) is 0 Å². The summed E-state index contributed by atoms with van der Waals surface area (Å²) in [5, 5.41) is 0. The summed E-state index contributed by atoms with van der Waals surface area (Å²) in [5.74, 6) is -46.8. The number of piperidine rings is 4. The van der Waals surface area contributed by atoms with E-state index in [-0.39, 0.29) is 131 Å². The number of ether oxygens (including phenoxy) is 12. The van der Waals surface area contributed by atoms with Gasteiger partial charge in [0.1, 0.15) is 48.5 Å². The van der Waals surface area contributed by atoms with Gasteiger partial charge in [-0.3, -0.25) is 38.8 Å². The number of benzene rings is 4. The predicted octanol–water partition coefficient (Wildman–Crippen LogP) is 14.3. The standard InChI is InChI=1S/4C24H38N2O4/c4*1-14(2)9-17-13-26-8-7-16-10-21(28-5)22(29-6)11-18(16)19(26)12-20(17)30-24(27)23(25)15(3)4/h4*10-11,14-15,17,19-20,23H,7-9,12-13,25H2,1-6H3/t4*17?,19?,20?,23-/m0000/s1/i1D3,3D3,4D3,5D3,9D2,10D,11D,14D,15D,20D,23D;1D3,3D3,4D3,5D3,9D2,10D,11D,14D,15D,19D,23D;2*1D3,3D3,4D3,9D2,10D,11D,14D,15D,19D,23D/t4*14?,17?,19?,20?,23-. The summed E-state index contributed by atoms with van der Waals surface area (Å²) in [7, 11) is 0.878. The molecule has 120 heavy (non-hydrogen) atoms. The Balaban J connectivity index is 0.000000281. The van der Waals surface area contributed by atoms with Crippen molar-refractivity contribution in [2.24, 2.45) is 93.8 Å². The van der Waals surface area contributed by atoms with Crippen molar-refractivity contribution in [1.29, 1.82) is 0 Å². The largest absolute Gasteiger partial charge is 0.493 e. The SMILES string of the molecule is [2H]c1c2c(c([2H])c(OC)c1OC([2H])([2H])[2H])C1([2H])CC(OC(=O)[C@@]([2H])(N)C([2H])(C([2H])([2H])[2H])C([2H])([2H])[2H])C(C([2H])([2H])C([2H])(C)C([2H])([2H])[2H])CN1CC2.[2H]c1c2c(c([2H])c(OC)c1OC([2H])([2H])[2H])C1CC([2H])(OC(=O)[C@@]([2H])(N)C([2H])(C([2H])([2H])[2H])C([2H])([2H])[2H])C(C([2H])([2H])C([2H])(C)C([2H])([2H])[2H])CN1CC2.[2H]c1c2c(c([2H])c(OC)c1OC)C1([2H])CC(OC(=O)[C@@]([2H])(N)C([2H])(C([2H])([2H])[2H])C([2H])([2H])[2H])C(C([2H])([2H])C([2H])(C)C([2H])([2H])[2H])CN1CC2.[2H]c1c2c(c([2H])c(OC)c1OC)C1([2H])CC(OC(=O)[C@@]([2H])(N)C([2H])(C([2H])([2H])[2H])C([2H])([2H])[2H])C(C([2H])([2H])C([2H])(C)C([2H])([2H])[2H])CN1CC2. The fourth-order valence-corrected chi connectivity index (χ4v) is 14.8. The zero-order valence-electron chi connectivity index (χ0n) is 142. The molecule has 0 amide bonds. The van der Waals surface area contributed by atoms with E-state index in [0.717, 1.165) is 41.9 Å². The highest BCUT2D eigenvalue weighted by molar-refractivity contribution is 5.77. The van der Waals surface area contributed by atoms with Gasteiger partial charge in [-0.2, -0.15) is 0 Å². The maximum Gasteiger partial charge on any atom is 0.323 e. The maximum atomic E-state index is 13.7. The van der Waals surface area contributed by atoms with Crippen molar-refractivity contribution in [3.8, 4) is 46.0 Å². The van der Waals surface area contributed by atoms with Gasteiger partial charge < -0.3 is 79.8 Å². The lowest BCUT2D eigenvalue weighted by atomic mass is 9.79. The van der Waals surface area contributed by atoms with Crippen LogP contribution in [0.1, 0.15) is 331 Å². The third-order valence-corrected chi connectivity index (χ3v) is 20.4. The molecule has 672 valence electrons. The second kappa shape index (κ2) is 43.9. The topological polar surface area (TPSA) is 296 Å². The first-order valence-corrected chi connectivity index (χ1v) is 37.2. The fraction of sp³-hybridized carbons (Fsp3) is 0.708. The lowest BCUT2D eigenvalue weighted by molar-refractivity contribution is -0.161. The number of esters is 4. The van der Waals surface area contributed by atoms with E-state index in [1.165, 1.54) is 48.0 Å². The number of carbonyl (C=O) groups excluding carboxylic acids is 4. The highest BCUT2D eigenvalue weighted by Crippen LogP contribution is 2.50. The van der Waals surface area contributed by atoms with Crippen LogP contribution in [0.3, 0.4) is 0 Å². The van der Waals surface area contributed by atoms with Gasteiger partial charge in [0.25, 0.3) is 0 Å². The molecule has 0 spiro atoms. The van der Waals surface area contributed by atoms with Gasteiger partial charge in [-0.25, -0.2) is 0 Å². The monoisotopic (exact) mass is 1750 g/mol. The molecule has 4 saturated heterocycles. The molecule has 0 aromatic heterocycles. The Morgan fingerprint density at radius 3 is 0.925 bits per heavy atom. The molecule has 20 atom stereocenters. The van der Waals surface area contributed by atoms with E-state index in [1.807, 2.05) is 0 Å². The first-order chi connectivity index (χ1) is 85.9. The summed E-state index contributed by atoms with van der Waals surface area (Å²) in [6.07, 6.45) is -25.3. The van der Waals surface area contributed by atoms with E-state index in [4.69, 9.17) is 176 Å². The number of carbonyl (C=O) groups is 4. The minimum Gasteiger partial charge on any atom is -0.493 e. The molecule has 8 aliphatic heterocycles. The van der Waals surface area contributed by atoms with Crippen molar-refractivity contribution in [2.75, 3.05) is 109 Å². The molecule has 0 saturated carbocycles. The summed E-state index contributed by atoms with van der Waals surface area (Å²) in [6.45, 7) is -44.0. The number of hydrogen-bond acceptors (Lipinski definition) is 24. The molecular weight excluding hydrogens is 1520 g/mol. The van der Waals surface area contributed by atoms with Crippen LogP contribution in [0.15, 0.2) is 48.3 Å². The molecule has 16 unspecified atom stereocenters. The molecule has 12 rings (SSSR count). The molecule has 4 aromatic carbocycles. The van der Waals surface area contributed by atoms with Crippen LogP contribution in [-0.2, 0) is 63.8 Å². The van der Waals surface area contributed by atoms with E-state index in [2.05, 4.69) is 0 Å². The summed E-state index contributed by atoms with van der Waals surface area (Å²) in [4.78, 5) is 59.9. The Morgan fingerprint density at radius 2 is 0.633 bits per heavy atom. The van der Waals surface area contributed by atoms with Crippen LogP contribution in [0.25, 0.3) is 0 Å². The molecule has 8 N–H and O–H groups in total. The predicted molar refractivity (Wildman–Crippen MR) is 471 cm³/mol. The lowest BCUT2D eigenvalue weighted by Crippen LogP contribution is -2.51. The quantitative estimate of drug-likeness (QED) is 0.0303. The van der Waals surface area contributed by atoms with Crippen LogP contribution in [-0.4, -0.2) is 201 Å². The van der Waals surface area contributed by atoms with Crippen LogP contribution >= 0.6 is 0 Å². The molecule has 4 aromatic rings. The summed E-state index contributed by atoms with van der Waals surface area (Å²) < 4.78 is 667. The average Bonchev–Trinajstić information content (AvgIpc) is 0.704. The highest BCUT2D eigenvalue weighted by Gasteiger charge is 2.47. The van der Waals surface area contributed by atoms with Crippen LogP contribution in [0, 0.1) is 70.8 Å². The Kier molecular flexibility index (Phi) is 13.6. The third-order valence-electron chi connectivity index (χ3n) is 20.4. The van der Waals surface area contributed by atoms with Crippen LogP contribution in [0.5, 0.6) is 46.0 Å². The molecule has 0 aliphatic carbocycles. The molecule has 24 heteroatoms. The maximum absolute atomic E-state index is 13.7. The Hall–Kier alpha value is -7.16. The van der Waals surface area contributed by atoms with Gasteiger partial charge in [0.05, 0.1) is 86.9 Å². The van der Waals surface area contributed by atoms with Crippen molar-refractivity contribution in [3.05, 3.63) is 92.8 Å². The van der Waals surface area contributed by atoms with E-state index in [0.29, 0.717) is 0 Å². The molecule has 0 radical (unpaired) electrons. The molecule has 24 nitrogen and oxygen atoms in total. The minimum atomic E-state index is -4.07. The molecule has 0 bridgehead atoms. The number of nitrogens with zero attached hydrogens (tertiary/aromatic N) is 4. The van der Waals surface area contributed by atoms with Gasteiger partial charge in [0, 0.05) is 197 Å². The summed E-state index contributed by atoms with van der Waals surface area (Å²) in [6, 6.07) is -26.8. The van der Waals surface area contributed by atoms with E-state index in [1.54, 1.807) is 0 Å². The van der Waals surface area contributed by atoms with Gasteiger partial charge >= 0.3 is 23.9 Å². The number of hydrogen-bond donors (Lipinski definition) is 4. The van der Waals surface area contributed by atoms with Crippen molar-refractivity contribution in [3.63, 3.8) is 0 Å². The Labute approximate surface area is 822 Å². The van der Waals surface area contributed by atoms with Gasteiger partial charge in [0.15, 0.2) is 46.0 Å². The lowest BCUT2D eigenvalue weighted by Gasteiger charge is -2.47.